The molecule has 0 unspecified atom stereocenters. The molecule has 1 aromatic heterocycles. The molecule has 0 fully saturated rings. The Labute approximate surface area is 298 Å². The summed E-state index contributed by atoms with van der Waals surface area (Å²) in [4.78, 5) is 57.0. The van der Waals surface area contributed by atoms with E-state index in [1.165, 1.54) is 61.5 Å². The summed E-state index contributed by atoms with van der Waals surface area (Å²) >= 11 is 0. The van der Waals surface area contributed by atoms with Crippen LogP contribution in [-0.2, 0) is 28.7 Å². The Balaban J connectivity index is 1.24. The molecule has 5 aromatic rings. The van der Waals surface area contributed by atoms with Gasteiger partial charge in [0.25, 0.3) is 11.8 Å². The third kappa shape index (κ3) is 9.48. The fourth-order valence-corrected chi connectivity index (χ4v) is 5.34. The molecule has 0 bridgehead atoms. The van der Waals surface area contributed by atoms with Crippen LogP contribution in [0.5, 0.6) is 5.75 Å². The number of nitrogens with one attached hydrogen (secondary N) is 1. The number of carbonyl (C=O) groups is 4. The van der Waals surface area contributed by atoms with Gasteiger partial charge in [-0.2, -0.15) is 13.2 Å². The van der Waals surface area contributed by atoms with Crippen molar-refractivity contribution in [2.45, 2.75) is 32.0 Å². The first-order valence-corrected chi connectivity index (χ1v) is 16.2. The standard InChI is InChI=1S/C40H34F3N3O6/c1-46(2)38(49)32-24-26(8-6-13-35(47)52-30-17-15-29(16-18-30)39(50)51-25-27-20-22-44-23-21-27)14-19-34(32)45-37(48)36-31(28-9-4-3-5-10-28)11-7-12-33(36)40(41,42)43/h3-5,7,9-12,14-24H,6,8,13,25H2,1-2H3,(H,45,48). The third-order valence-electron chi connectivity index (χ3n) is 7.94. The number of hydrogen-bond acceptors (Lipinski definition) is 7. The first-order valence-electron chi connectivity index (χ1n) is 16.2. The van der Waals surface area contributed by atoms with Gasteiger partial charge in [-0.15, -0.1) is 0 Å². The van der Waals surface area contributed by atoms with Crippen LogP contribution in [0.3, 0.4) is 0 Å². The van der Waals surface area contributed by atoms with E-state index in [0.717, 1.165) is 11.6 Å². The van der Waals surface area contributed by atoms with Crippen molar-refractivity contribution >= 4 is 29.4 Å². The lowest BCUT2D eigenvalue weighted by molar-refractivity contribution is -0.138. The fourth-order valence-electron chi connectivity index (χ4n) is 5.34. The molecular formula is C40H34F3N3O6. The number of carbonyl (C=O) groups excluding carboxylic acids is 4. The minimum Gasteiger partial charge on any atom is -0.457 e. The van der Waals surface area contributed by atoms with Gasteiger partial charge in [-0.25, -0.2) is 4.79 Å². The van der Waals surface area contributed by atoms with Gasteiger partial charge in [0.2, 0.25) is 0 Å². The van der Waals surface area contributed by atoms with Gasteiger partial charge >= 0.3 is 18.1 Å². The highest BCUT2D eigenvalue weighted by Gasteiger charge is 2.37. The number of amides is 2. The van der Waals surface area contributed by atoms with Crippen molar-refractivity contribution in [1.29, 1.82) is 0 Å². The van der Waals surface area contributed by atoms with E-state index in [1.54, 1.807) is 67.0 Å². The zero-order chi connectivity index (χ0) is 37.3. The van der Waals surface area contributed by atoms with Crippen LogP contribution in [0.4, 0.5) is 18.9 Å². The zero-order valence-corrected chi connectivity index (χ0v) is 28.3. The molecule has 0 aliphatic heterocycles. The first-order chi connectivity index (χ1) is 24.9. The lowest BCUT2D eigenvalue weighted by Crippen LogP contribution is -2.25. The van der Waals surface area contributed by atoms with E-state index in [1.807, 2.05) is 0 Å². The van der Waals surface area contributed by atoms with Crippen molar-refractivity contribution in [3.05, 3.63) is 149 Å². The molecular weight excluding hydrogens is 675 g/mol. The number of pyridine rings is 1. The molecule has 1 heterocycles. The molecule has 4 aromatic carbocycles. The summed E-state index contributed by atoms with van der Waals surface area (Å²) in [5.41, 5.74) is 0.688. The predicted molar refractivity (Wildman–Crippen MR) is 188 cm³/mol. The van der Waals surface area contributed by atoms with E-state index in [2.05, 4.69) is 10.3 Å². The molecule has 0 saturated carbocycles. The van der Waals surface area contributed by atoms with Gasteiger partial charge in [-0.3, -0.25) is 19.4 Å². The summed E-state index contributed by atoms with van der Waals surface area (Å²) in [6.45, 7) is 0.0896. The molecule has 0 saturated heterocycles. The van der Waals surface area contributed by atoms with Crippen molar-refractivity contribution in [3.8, 4) is 16.9 Å². The van der Waals surface area contributed by atoms with Crippen LogP contribution < -0.4 is 10.1 Å². The summed E-state index contributed by atoms with van der Waals surface area (Å²) in [6.07, 6.45) is -0.886. The highest BCUT2D eigenvalue weighted by Crippen LogP contribution is 2.37. The van der Waals surface area contributed by atoms with E-state index in [4.69, 9.17) is 9.47 Å². The van der Waals surface area contributed by atoms with Crippen LogP contribution >= 0.6 is 0 Å². The quantitative estimate of drug-likeness (QED) is 0.103. The smallest absolute Gasteiger partial charge is 0.417 e. The maximum absolute atomic E-state index is 14.1. The van der Waals surface area contributed by atoms with Crippen LogP contribution in [0.15, 0.2) is 116 Å². The van der Waals surface area contributed by atoms with Crippen LogP contribution in [-0.4, -0.2) is 47.7 Å². The number of alkyl halides is 3. The largest absolute Gasteiger partial charge is 0.457 e. The monoisotopic (exact) mass is 709 g/mol. The van der Waals surface area contributed by atoms with Crippen molar-refractivity contribution in [2.24, 2.45) is 0 Å². The van der Waals surface area contributed by atoms with Crippen LogP contribution in [0.25, 0.3) is 11.1 Å². The van der Waals surface area contributed by atoms with Crippen molar-refractivity contribution < 1.29 is 41.8 Å². The van der Waals surface area contributed by atoms with E-state index in [9.17, 15) is 32.3 Å². The van der Waals surface area contributed by atoms with Crippen LogP contribution in [0, 0.1) is 0 Å². The highest BCUT2D eigenvalue weighted by molar-refractivity contribution is 6.12. The molecule has 0 aliphatic rings. The molecule has 9 nitrogen and oxygen atoms in total. The van der Waals surface area contributed by atoms with Crippen LogP contribution in [0.2, 0.25) is 0 Å². The second-order valence-electron chi connectivity index (χ2n) is 11.9. The first kappa shape index (κ1) is 37.0. The van der Waals surface area contributed by atoms with Crippen LogP contribution in [0.1, 0.15) is 60.6 Å². The number of halogens is 3. The average Bonchev–Trinajstić information content (AvgIpc) is 3.14. The molecule has 1 N–H and O–H groups in total. The number of esters is 2. The molecule has 0 atom stereocenters. The summed E-state index contributed by atoms with van der Waals surface area (Å²) in [5, 5.41) is 2.55. The highest BCUT2D eigenvalue weighted by atomic mass is 19.4. The number of anilines is 1. The van der Waals surface area contributed by atoms with Gasteiger partial charge < -0.3 is 19.7 Å². The maximum atomic E-state index is 14.1. The summed E-state index contributed by atoms with van der Waals surface area (Å²) < 4.78 is 53.1. The number of aromatic nitrogens is 1. The average molecular weight is 710 g/mol. The summed E-state index contributed by atoms with van der Waals surface area (Å²) in [7, 11) is 3.03. The summed E-state index contributed by atoms with van der Waals surface area (Å²) in [6, 6.07) is 25.9. The van der Waals surface area contributed by atoms with E-state index >= 15 is 0 Å². The van der Waals surface area contributed by atoms with Gasteiger partial charge in [0.15, 0.2) is 0 Å². The maximum Gasteiger partial charge on any atom is 0.417 e. The lowest BCUT2D eigenvalue weighted by Gasteiger charge is -2.19. The van der Waals surface area contributed by atoms with Crippen molar-refractivity contribution in [1.82, 2.24) is 9.88 Å². The van der Waals surface area contributed by atoms with Crippen molar-refractivity contribution in [3.63, 3.8) is 0 Å². The Morgan fingerprint density at radius 1 is 0.808 bits per heavy atom. The van der Waals surface area contributed by atoms with Gasteiger partial charge in [0, 0.05) is 32.9 Å². The minimum absolute atomic E-state index is 0.0294. The van der Waals surface area contributed by atoms with E-state index in [0.29, 0.717) is 24.0 Å². The Morgan fingerprint density at radius 2 is 1.52 bits per heavy atom. The lowest BCUT2D eigenvalue weighted by atomic mass is 9.94. The number of ether oxygens (including phenoxy) is 2. The topological polar surface area (TPSA) is 115 Å². The molecule has 0 radical (unpaired) electrons. The molecule has 0 aliphatic carbocycles. The molecule has 12 heteroatoms. The van der Waals surface area contributed by atoms with Gasteiger partial charge in [0.05, 0.1) is 27.9 Å². The predicted octanol–water partition coefficient (Wildman–Crippen LogP) is 8.01. The molecule has 266 valence electrons. The Kier molecular flexibility index (Phi) is 11.8. The number of hydrogen-bond donors (Lipinski definition) is 1. The number of aryl methyl sites for hydroxylation is 1. The van der Waals surface area contributed by atoms with Gasteiger partial charge in [-0.1, -0.05) is 48.5 Å². The summed E-state index contributed by atoms with van der Waals surface area (Å²) in [5.74, 6) is -2.30. The number of rotatable bonds is 12. The van der Waals surface area contributed by atoms with Crippen molar-refractivity contribution in [2.75, 3.05) is 19.4 Å². The van der Waals surface area contributed by atoms with Gasteiger partial charge in [-0.05, 0) is 89.7 Å². The van der Waals surface area contributed by atoms with E-state index in [-0.39, 0.29) is 41.2 Å². The second-order valence-corrected chi connectivity index (χ2v) is 11.9. The Bertz CT molecular complexity index is 2050. The SMILES string of the molecule is CN(C)C(=O)c1cc(CCCC(=O)Oc2ccc(C(=O)OCc3ccncc3)cc2)ccc1NC(=O)c1c(-c2ccccc2)cccc1C(F)(F)F. The normalized spacial score (nSPS) is 11.0. The Morgan fingerprint density at radius 3 is 2.19 bits per heavy atom. The number of benzene rings is 4. The number of nitrogens with zero attached hydrogens (tertiary/aromatic N) is 2. The minimum atomic E-state index is -4.82. The molecule has 52 heavy (non-hydrogen) atoms. The molecule has 5 rings (SSSR count). The second kappa shape index (κ2) is 16.6. The Hall–Kier alpha value is -6.30. The zero-order valence-electron chi connectivity index (χ0n) is 28.3. The third-order valence-corrected chi connectivity index (χ3v) is 7.94. The van der Waals surface area contributed by atoms with Gasteiger partial charge in [0.1, 0.15) is 12.4 Å². The van der Waals surface area contributed by atoms with E-state index < -0.39 is 41.1 Å². The molecule has 2 amide bonds. The fraction of sp³-hybridized carbons (Fsp3) is 0.175. The molecule has 0 spiro atoms.